The SMILES string of the molecule is c1ccc(-c2cc(-c3ccccc3)c3sc4c(-c5cccc(-c6cncc(-c7cccc(-c8cc(-c9ccccc9)cc9c8sc8c(-c%10ccccc%10)cc(-c%10ccccc%10)cc89)c7)c6)c5)cc(-c5ccccc5)cc4c3c2)cc1. The summed E-state index contributed by atoms with van der Waals surface area (Å²) in [6, 6.07) is 105. The molecular weight excluding hydrogens is 1000 g/mol. The van der Waals surface area contributed by atoms with Gasteiger partial charge in [-0.1, -0.05) is 218 Å². The van der Waals surface area contributed by atoms with E-state index in [9.17, 15) is 0 Å². The number of benzene rings is 12. The van der Waals surface area contributed by atoms with Crippen LogP contribution >= 0.6 is 22.7 Å². The second-order valence-electron chi connectivity index (χ2n) is 20.6. The van der Waals surface area contributed by atoms with E-state index in [2.05, 4.69) is 285 Å². The Kier molecular flexibility index (Phi) is 12.0. The van der Waals surface area contributed by atoms with Crippen LogP contribution in [0.15, 0.2) is 298 Å². The number of pyridine rings is 1. The first-order valence-corrected chi connectivity index (χ1v) is 28.8. The molecule has 0 aliphatic rings. The summed E-state index contributed by atoms with van der Waals surface area (Å²) >= 11 is 3.80. The van der Waals surface area contributed by atoms with Gasteiger partial charge in [0.1, 0.15) is 0 Å². The zero-order valence-corrected chi connectivity index (χ0v) is 45.2. The minimum atomic E-state index is 1.07. The third-order valence-corrected chi connectivity index (χ3v) is 18.3. The zero-order valence-electron chi connectivity index (χ0n) is 43.6. The molecule has 12 aromatic carbocycles. The minimum Gasteiger partial charge on any atom is -0.263 e. The predicted molar refractivity (Wildman–Crippen MR) is 344 cm³/mol. The molecule has 0 radical (unpaired) electrons. The molecule has 374 valence electrons. The first kappa shape index (κ1) is 47.4. The third-order valence-electron chi connectivity index (χ3n) is 15.7. The maximum Gasteiger partial charge on any atom is 0.0434 e. The lowest BCUT2D eigenvalue weighted by molar-refractivity contribution is 1.33. The van der Waals surface area contributed by atoms with Crippen LogP contribution in [0.4, 0.5) is 0 Å². The summed E-state index contributed by atoms with van der Waals surface area (Å²) in [4.78, 5) is 4.95. The van der Waals surface area contributed by atoms with Crippen molar-refractivity contribution in [2.24, 2.45) is 0 Å². The Morgan fingerprint density at radius 3 is 0.713 bits per heavy atom. The standard InChI is InChI=1S/C77H49NS2/c1-7-21-50(22-8-1)60-40-66(54-29-15-5-16-30-54)74-70(44-60)72-46-62(52-25-11-3-12-26-52)42-68(76(72)79-74)58-35-19-33-56(37-58)64-39-65(49-78-48-64)57-34-20-36-59(38-57)69-43-63(53-27-13-4-14-28-53)47-73-71-45-61(51-23-9-2-10-24-51)41-67(75(71)80-77(69)73)55-31-17-6-18-32-55/h1-49H. The molecule has 15 rings (SSSR count). The summed E-state index contributed by atoms with van der Waals surface area (Å²) in [5.41, 5.74) is 23.7. The quantitative estimate of drug-likeness (QED) is 0.133. The Balaban J connectivity index is 0.862. The average molecular weight is 1050 g/mol. The smallest absolute Gasteiger partial charge is 0.0434 e. The maximum atomic E-state index is 4.95. The van der Waals surface area contributed by atoms with Crippen molar-refractivity contribution in [3.8, 4) is 111 Å². The number of hydrogen-bond acceptors (Lipinski definition) is 3. The van der Waals surface area contributed by atoms with Crippen LogP contribution in [0.25, 0.3) is 152 Å². The molecule has 0 N–H and O–H groups in total. The first-order valence-electron chi connectivity index (χ1n) is 27.2. The monoisotopic (exact) mass is 1050 g/mol. The van der Waals surface area contributed by atoms with Crippen LogP contribution in [-0.4, -0.2) is 4.98 Å². The first-order chi connectivity index (χ1) is 39.6. The average Bonchev–Trinajstić information content (AvgIpc) is 4.30. The highest BCUT2D eigenvalue weighted by atomic mass is 32.1. The van der Waals surface area contributed by atoms with Crippen LogP contribution in [0.1, 0.15) is 0 Å². The molecule has 1 nitrogen and oxygen atoms in total. The Morgan fingerprint density at radius 1 is 0.175 bits per heavy atom. The Bertz CT molecular complexity index is 4470. The lowest BCUT2D eigenvalue weighted by Crippen LogP contribution is -1.88. The van der Waals surface area contributed by atoms with Crippen molar-refractivity contribution in [1.29, 1.82) is 0 Å². The number of rotatable bonds is 10. The summed E-state index contributed by atoms with van der Waals surface area (Å²) in [5, 5.41) is 5.07. The number of hydrogen-bond donors (Lipinski definition) is 0. The van der Waals surface area contributed by atoms with E-state index in [4.69, 9.17) is 4.98 Å². The van der Waals surface area contributed by atoms with Gasteiger partial charge in [0, 0.05) is 86.1 Å². The highest BCUT2D eigenvalue weighted by molar-refractivity contribution is 7.27. The van der Waals surface area contributed by atoms with Crippen LogP contribution in [0.5, 0.6) is 0 Å². The van der Waals surface area contributed by atoms with Gasteiger partial charge in [0.05, 0.1) is 0 Å². The molecule has 3 heteroatoms. The van der Waals surface area contributed by atoms with Gasteiger partial charge >= 0.3 is 0 Å². The van der Waals surface area contributed by atoms with Crippen LogP contribution in [0.2, 0.25) is 0 Å². The summed E-state index contributed by atoms with van der Waals surface area (Å²) in [6.07, 6.45) is 4.02. The molecule has 0 atom stereocenters. The lowest BCUT2D eigenvalue weighted by atomic mass is 9.92. The van der Waals surface area contributed by atoms with E-state index in [1.807, 2.05) is 35.1 Å². The molecule has 3 aromatic heterocycles. The van der Waals surface area contributed by atoms with E-state index in [1.54, 1.807) is 0 Å². The summed E-state index contributed by atoms with van der Waals surface area (Å²) < 4.78 is 5.14. The molecule has 0 unspecified atom stereocenters. The van der Waals surface area contributed by atoms with Crippen LogP contribution in [0, 0.1) is 0 Å². The molecule has 80 heavy (non-hydrogen) atoms. The van der Waals surface area contributed by atoms with E-state index in [1.165, 1.54) is 129 Å². The predicted octanol–water partition coefficient (Wildman–Crippen LogP) is 22.5. The third kappa shape index (κ3) is 8.70. The molecule has 15 aromatic rings. The normalized spacial score (nSPS) is 11.5. The van der Waals surface area contributed by atoms with E-state index < -0.39 is 0 Å². The largest absolute Gasteiger partial charge is 0.263 e. The number of nitrogens with zero attached hydrogens (tertiary/aromatic N) is 1. The molecule has 0 saturated heterocycles. The van der Waals surface area contributed by atoms with Crippen molar-refractivity contribution in [1.82, 2.24) is 4.98 Å². The van der Waals surface area contributed by atoms with Crippen molar-refractivity contribution in [3.05, 3.63) is 298 Å². The molecule has 0 spiro atoms. The van der Waals surface area contributed by atoms with Gasteiger partial charge in [0.2, 0.25) is 0 Å². The fourth-order valence-corrected chi connectivity index (χ4v) is 14.4. The minimum absolute atomic E-state index is 1.07. The highest BCUT2D eigenvalue weighted by Crippen LogP contribution is 2.50. The highest BCUT2D eigenvalue weighted by Gasteiger charge is 2.21. The van der Waals surface area contributed by atoms with Crippen molar-refractivity contribution in [2.75, 3.05) is 0 Å². The van der Waals surface area contributed by atoms with Gasteiger partial charge in [0.25, 0.3) is 0 Å². The Morgan fingerprint density at radius 2 is 0.412 bits per heavy atom. The Hall–Kier alpha value is -9.77. The van der Waals surface area contributed by atoms with Gasteiger partial charge in [-0.15, -0.1) is 22.7 Å². The maximum absolute atomic E-state index is 4.95. The van der Waals surface area contributed by atoms with E-state index in [0.717, 1.165) is 22.3 Å². The summed E-state index contributed by atoms with van der Waals surface area (Å²) in [5.74, 6) is 0. The van der Waals surface area contributed by atoms with Crippen molar-refractivity contribution in [2.45, 2.75) is 0 Å². The second kappa shape index (κ2) is 20.2. The van der Waals surface area contributed by atoms with Crippen molar-refractivity contribution >= 4 is 63.0 Å². The van der Waals surface area contributed by atoms with E-state index in [0.29, 0.717) is 0 Å². The molecule has 0 aliphatic heterocycles. The van der Waals surface area contributed by atoms with Gasteiger partial charge in [-0.3, -0.25) is 4.98 Å². The molecule has 0 amide bonds. The van der Waals surface area contributed by atoms with Gasteiger partial charge in [-0.2, -0.15) is 0 Å². The van der Waals surface area contributed by atoms with Gasteiger partial charge < -0.3 is 0 Å². The van der Waals surface area contributed by atoms with Crippen LogP contribution in [-0.2, 0) is 0 Å². The summed E-state index contributed by atoms with van der Waals surface area (Å²) in [6.45, 7) is 0. The zero-order chi connectivity index (χ0) is 52.9. The number of thiophene rings is 2. The number of fused-ring (bicyclic) bond motifs is 6. The molecule has 0 saturated carbocycles. The van der Waals surface area contributed by atoms with Gasteiger partial charge in [-0.05, 0) is 145 Å². The molecule has 3 heterocycles. The summed E-state index contributed by atoms with van der Waals surface area (Å²) in [7, 11) is 0. The second-order valence-corrected chi connectivity index (χ2v) is 22.7. The number of aromatic nitrogens is 1. The van der Waals surface area contributed by atoms with Gasteiger partial charge in [0.15, 0.2) is 0 Å². The molecular formula is C77H49NS2. The molecule has 0 aliphatic carbocycles. The fraction of sp³-hybridized carbons (Fsp3) is 0. The van der Waals surface area contributed by atoms with Gasteiger partial charge in [-0.25, -0.2) is 0 Å². The van der Waals surface area contributed by atoms with Crippen LogP contribution < -0.4 is 0 Å². The van der Waals surface area contributed by atoms with E-state index >= 15 is 0 Å². The van der Waals surface area contributed by atoms with E-state index in [-0.39, 0.29) is 0 Å². The van der Waals surface area contributed by atoms with Crippen LogP contribution in [0.3, 0.4) is 0 Å². The Labute approximate surface area is 473 Å². The topological polar surface area (TPSA) is 12.9 Å². The molecule has 0 bridgehead atoms. The van der Waals surface area contributed by atoms with Crippen molar-refractivity contribution in [3.63, 3.8) is 0 Å². The fourth-order valence-electron chi connectivity index (χ4n) is 11.7. The van der Waals surface area contributed by atoms with Crippen molar-refractivity contribution < 1.29 is 0 Å². The lowest BCUT2D eigenvalue weighted by Gasteiger charge is -2.12. The molecule has 0 fully saturated rings.